The Hall–Kier alpha value is -3.54. The molecule has 8 N–H and O–H groups in total. The van der Waals surface area contributed by atoms with Crippen LogP contribution in [0.1, 0.15) is 0 Å². The minimum Gasteiger partial charge on any atom is -0.399 e. The van der Waals surface area contributed by atoms with E-state index in [2.05, 4.69) is 21.7 Å². The van der Waals surface area contributed by atoms with Crippen molar-refractivity contribution < 1.29 is 0 Å². The molecule has 0 radical (unpaired) electrons. The minimum absolute atomic E-state index is 0.712. The first-order chi connectivity index (χ1) is 11.7. The van der Waals surface area contributed by atoms with E-state index in [1.807, 2.05) is 72.8 Å². The van der Waals surface area contributed by atoms with E-state index in [0.717, 1.165) is 22.7 Å². The summed E-state index contributed by atoms with van der Waals surface area (Å²) >= 11 is 0. The van der Waals surface area contributed by atoms with Crippen molar-refractivity contribution in [2.24, 2.45) is 0 Å². The molecule has 0 spiro atoms. The molecule has 0 atom stereocenters. The lowest BCUT2D eigenvalue weighted by molar-refractivity contribution is 1.38. The van der Waals surface area contributed by atoms with Crippen LogP contribution in [0.3, 0.4) is 0 Å². The molecule has 24 heavy (non-hydrogen) atoms. The van der Waals surface area contributed by atoms with Gasteiger partial charge in [-0.3, -0.25) is 0 Å². The quantitative estimate of drug-likeness (QED) is 0.306. The highest BCUT2D eigenvalue weighted by atomic mass is 15.4. The Bertz CT molecular complexity index is 753. The van der Waals surface area contributed by atoms with Crippen molar-refractivity contribution >= 4 is 34.1 Å². The summed E-state index contributed by atoms with van der Waals surface area (Å²) in [7, 11) is 0. The standard InChI is InChI=1S/C18H20N6/c19-13-4-1-6-15(10-13)21-23-17-8-3-9-18(12-17)24-22-16-7-2-5-14(20)11-16/h1-12,21-24H,19-20H2. The predicted octanol–water partition coefficient (Wildman–Crippen LogP) is 3.73. The summed E-state index contributed by atoms with van der Waals surface area (Å²) in [5, 5.41) is 0. The second kappa shape index (κ2) is 7.15. The van der Waals surface area contributed by atoms with Gasteiger partial charge in [-0.05, 0) is 54.6 Å². The number of hydrogen-bond donors (Lipinski definition) is 6. The van der Waals surface area contributed by atoms with E-state index in [0.29, 0.717) is 11.4 Å². The maximum absolute atomic E-state index is 5.76. The van der Waals surface area contributed by atoms with Crippen molar-refractivity contribution in [3.63, 3.8) is 0 Å². The Kier molecular flexibility index (Phi) is 4.57. The highest BCUT2D eigenvalue weighted by Gasteiger charge is 1.97. The van der Waals surface area contributed by atoms with Gasteiger partial charge in [-0.1, -0.05) is 18.2 Å². The molecule has 0 saturated carbocycles. The molecule has 0 unspecified atom stereocenters. The van der Waals surface area contributed by atoms with Crippen LogP contribution in [0.2, 0.25) is 0 Å². The molecular formula is C18H20N6. The lowest BCUT2D eigenvalue weighted by Gasteiger charge is -2.13. The summed E-state index contributed by atoms with van der Waals surface area (Å²) in [6.07, 6.45) is 0. The van der Waals surface area contributed by atoms with Crippen LogP contribution in [-0.4, -0.2) is 0 Å². The molecule has 0 saturated heterocycles. The lowest BCUT2D eigenvalue weighted by Crippen LogP contribution is -2.11. The van der Waals surface area contributed by atoms with Gasteiger partial charge in [0.15, 0.2) is 0 Å². The molecule has 6 heteroatoms. The monoisotopic (exact) mass is 320 g/mol. The van der Waals surface area contributed by atoms with Crippen molar-refractivity contribution in [2.75, 3.05) is 33.2 Å². The third-order valence-electron chi connectivity index (χ3n) is 3.34. The summed E-state index contributed by atoms with van der Waals surface area (Å²) < 4.78 is 0. The summed E-state index contributed by atoms with van der Waals surface area (Å²) in [6, 6.07) is 22.9. The van der Waals surface area contributed by atoms with Crippen LogP contribution in [0.4, 0.5) is 34.1 Å². The van der Waals surface area contributed by atoms with Crippen LogP contribution in [-0.2, 0) is 0 Å². The van der Waals surface area contributed by atoms with Gasteiger partial charge < -0.3 is 33.2 Å². The van der Waals surface area contributed by atoms with Crippen LogP contribution < -0.4 is 33.2 Å². The Labute approximate surface area is 140 Å². The zero-order valence-electron chi connectivity index (χ0n) is 13.1. The minimum atomic E-state index is 0.712. The average molecular weight is 320 g/mol. The SMILES string of the molecule is Nc1cccc(NNc2cccc(NNc3cccc(N)c3)c2)c1. The summed E-state index contributed by atoms with van der Waals surface area (Å²) in [6.45, 7) is 0. The Balaban J connectivity index is 1.59. The highest BCUT2D eigenvalue weighted by Crippen LogP contribution is 2.18. The number of hydrogen-bond acceptors (Lipinski definition) is 6. The van der Waals surface area contributed by atoms with Crippen LogP contribution in [0.5, 0.6) is 0 Å². The molecular weight excluding hydrogens is 300 g/mol. The highest BCUT2D eigenvalue weighted by molar-refractivity contribution is 5.63. The van der Waals surface area contributed by atoms with Crippen LogP contribution in [0.15, 0.2) is 72.8 Å². The number of benzene rings is 3. The summed E-state index contributed by atoms with van der Waals surface area (Å²) in [4.78, 5) is 0. The molecule has 0 heterocycles. The average Bonchev–Trinajstić information content (AvgIpc) is 2.59. The Morgan fingerprint density at radius 3 is 1.17 bits per heavy atom. The smallest absolute Gasteiger partial charge is 0.0561 e. The molecule has 122 valence electrons. The van der Waals surface area contributed by atoms with E-state index >= 15 is 0 Å². The molecule has 0 aliphatic carbocycles. The molecule has 6 nitrogen and oxygen atoms in total. The summed E-state index contributed by atoms with van der Waals surface area (Å²) in [5.41, 5.74) is 29.1. The maximum atomic E-state index is 5.76. The molecule has 0 aromatic heterocycles. The topological polar surface area (TPSA) is 100 Å². The van der Waals surface area contributed by atoms with E-state index in [1.54, 1.807) is 0 Å². The van der Waals surface area contributed by atoms with Crippen molar-refractivity contribution in [2.45, 2.75) is 0 Å². The van der Waals surface area contributed by atoms with Crippen molar-refractivity contribution in [3.05, 3.63) is 72.8 Å². The Morgan fingerprint density at radius 2 is 0.792 bits per heavy atom. The fourth-order valence-electron chi connectivity index (χ4n) is 2.20. The van der Waals surface area contributed by atoms with E-state index in [1.165, 1.54) is 0 Å². The molecule has 0 bridgehead atoms. The number of nitrogens with two attached hydrogens (primary N) is 2. The first-order valence-electron chi connectivity index (χ1n) is 7.54. The summed E-state index contributed by atoms with van der Waals surface area (Å²) in [5.74, 6) is 0. The van der Waals surface area contributed by atoms with E-state index in [9.17, 15) is 0 Å². The number of nitrogens with one attached hydrogen (secondary N) is 4. The number of nitrogen functional groups attached to an aromatic ring is 2. The van der Waals surface area contributed by atoms with Gasteiger partial charge in [-0.25, -0.2) is 0 Å². The van der Waals surface area contributed by atoms with Gasteiger partial charge in [0.25, 0.3) is 0 Å². The van der Waals surface area contributed by atoms with Gasteiger partial charge in [-0.2, -0.15) is 0 Å². The van der Waals surface area contributed by atoms with Gasteiger partial charge in [0, 0.05) is 11.4 Å². The van der Waals surface area contributed by atoms with Crippen molar-refractivity contribution in [1.82, 2.24) is 0 Å². The van der Waals surface area contributed by atoms with Crippen LogP contribution in [0.25, 0.3) is 0 Å². The first-order valence-corrected chi connectivity index (χ1v) is 7.54. The third kappa shape index (κ3) is 4.23. The molecule has 3 aromatic carbocycles. The Morgan fingerprint density at radius 1 is 0.458 bits per heavy atom. The molecule has 0 fully saturated rings. The molecule has 3 aromatic rings. The van der Waals surface area contributed by atoms with Gasteiger partial charge in [-0.15, -0.1) is 0 Å². The van der Waals surface area contributed by atoms with Crippen molar-refractivity contribution in [3.8, 4) is 0 Å². The van der Waals surface area contributed by atoms with Gasteiger partial charge >= 0.3 is 0 Å². The second-order valence-corrected chi connectivity index (χ2v) is 5.33. The fourth-order valence-corrected chi connectivity index (χ4v) is 2.20. The predicted molar refractivity (Wildman–Crippen MR) is 103 cm³/mol. The number of anilines is 6. The van der Waals surface area contributed by atoms with E-state index in [-0.39, 0.29) is 0 Å². The molecule has 3 rings (SSSR count). The van der Waals surface area contributed by atoms with Crippen LogP contribution in [0, 0.1) is 0 Å². The van der Waals surface area contributed by atoms with Gasteiger partial charge in [0.2, 0.25) is 0 Å². The maximum Gasteiger partial charge on any atom is 0.0561 e. The second-order valence-electron chi connectivity index (χ2n) is 5.33. The number of rotatable bonds is 6. The molecule has 0 aliphatic heterocycles. The molecule has 0 amide bonds. The van der Waals surface area contributed by atoms with E-state index in [4.69, 9.17) is 11.5 Å². The third-order valence-corrected chi connectivity index (χ3v) is 3.34. The molecule has 0 aliphatic rings. The van der Waals surface area contributed by atoms with Gasteiger partial charge in [0.05, 0.1) is 22.7 Å². The number of hydrazine groups is 2. The van der Waals surface area contributed by atoms with E-state index < -0.39 is 0 Å². The zero-order valence-corrected chi connectivity index (χ0v) is 13.1. The first kappa shape index (κ1) is 15.4. The normalized spacial score (nSPS) is 10.0. The van der Waals surface area contributed by atoms with Gasteiger partial charge in [0.1, 0.15) is 0 Å². The van der Waals surface area contributed by atoms with Crippen LogP contribution >= 0.6 is 0 Å². The largest absolute Gasteiger partial charge is 0.399 e. The zero-order chi connectivity index (χ0) is 16.8. The fraction of sp³-hybridized carbons (Fsp3) is 0. The van der Waals surface area contributed by atoms with Crippen molar-refractivity contribution in [1.29, 1.82) is 0 Å². The lowest BCUT2D eigenvalue weighted by atomic mass is 10.3.